The molecule has 0 saturated carbocycles. The van der Waals surface area contributed by atoms with Gasteiger partial charge < -0.3 is 15.2 Å². The standard InChI is InChI=1S/C26H32N4O6S/c1-7-16(2)23(31)27-18-13-14-20(21(15-18)37(34,35)29-26(4,5)6)36-24-17(3)22(25(32)33)28-30(24)19-11-9-8-10-12-19/h8-16,29H,7H2,1-6H3,(H,27,31)(H,32,33). The normalized spacial score (nSPS) is 12.7. The first kappa shape index (κ1) is 27.9. The summed E-state index contributed by atoms with van der Waals surface area (Å²) in [6.45, 7) is 10.3. The number of sulfonamides is 1. The Morgan fingerprint density at radius 2 is 1.78 bits per heavy atom. The lowest BCUT2D eigenvalue weighted by atomic mass is 10.1. The number of hydrogen-bond donors (Lipinski definition) is 3. The molecule has 10 nitrogen and oxygen atoms in total. The van der Waals surface area contributed by atoms with Gasteiger partial charge in [0.1, 0.15) is 10.6 Å². The first-order valence-electron chi connectivity index (χ1n) is 11.8. The highest BCUT2D eigenvalue weighted by Gasteiger charge is 2.29. The van der Waals surface area contributed by atoms with Gasteiger partial charge in [0, 0.05) is 22.7 Å². The number of carbonyl (C=O) groups is 2. The van der Waals surface area contributed by atoms with E-state index in [1.165, 1.54) is 29.8 Å². The van der Waals surface area contributed by atoms with E-state index in [1.807, 2.05) is 6.92 Å². The summed E-state index contributed by atoms with van der Waals surface area (Å²) in [5.41, 5.74) is 0.00458. The quantitative estimate of drug-likeness (QED) is 0.365. The Hall–Kier alpha value is -3.70. The number of carbonyl (C=O) groups excluding carboxylic acids is 1. The molecule has 0 aliphatic rings. The fraction of sp³-hybridized carbons (Fsp3) is 0.346. The second kappa shape index (κ2) is 10.7. The van der Waals surface area contributed by atoms with Crippen molar-refractivity contribution in [3.63, 3.8) is 0 Å². The summed E-state index contributed by atoms with van der Waals surface area (Å²) in [6, 6.07) is 13.0. The largest absolute Gasteiger partial charge is 0.476 e. The van der Waals surface area contributed by atoms with Crippen molar-refractivity contribution in [1.82, 2.24) is 14.5 Å². The molecule has 198 valence electrons. The lowest BCUT2D eigenvalue weighted by Gasteiger charge is -2.22. The van der Waals surface area contributed by atoms with Gasteiger partial charge in [0.15, 0.2) is 5.69 Å². The number of nitrogens with zero attached hydrogens (tertiary/aromatic N) is 2. The van der Waals surface area contributed by atoms with Crippen LogP contribution in [0.2, 0.25) is 0 Å². The number of aromatic nitrogens is 2. The first-order chi connectivity index (χ1) is 17.2. The Morgan fingerprint density at radius 1 is 1.14 bits per heavy atom. The molecule has 0 radical (unpaired) electrons. The number of carboxylic acids is 1. The molecule has 0 bridgehead atoms. The zero-order chi connectivity index (χ0) is 27.5. The van der Waals surface area contributed by atoms with Crippen LogP contribution in [0.15, 0.2) is 53.4 Å². The van der Waals surface area contributed by atoms with Crippen LogP contribution < -0.4 is 14.8 Å². The van der Waals surface area contributed by atoms with Gasteiger partial charge in [-0.2, -0.15) is 9.78 Å². The molecular formula is C26H32N4O6S. The molecule has 0 aliphatic carbocycles. The van der Waals surface area contributed by atoms with Gasteiger partial charge in [-0.3, -0.25) is 4.79 Å². The number of carboxylic acid groups (broad SMARTS) is 1. The van der Waals surface area contributed by atoms with E-state index in [0.717, 1.165) is 0 Å². The van der Waals surface area contributed by atoms with Crippen molar-refractivity contribution >= 4 is 27.6 Å². The summed E-state index contributed by atoms with van der Waals surface area (Å²) in [5, 5.41) is 16.6. The zero-order valence-corrected chi connectivity index (χ0v) is 22.5. The number of aromatic carboxylic acids is 1. The summed E-state index contributed by atoms with van der Waals surface area (Å²) in [5.74, 6) is -1.77. The van der Waals surface area contributed by atoms with E-state index in [0.29, 0.717) is 12.1 Å². The Balaban J connectivity index is 2.17. The average molecular weight is 529 g/mol. The van der Waals surface area contributed by atoms with Crippen molar-refractivity contribution in [2.45, 2.75) is 58.4 Å². The summed E-state index contributed by atoms with van der Waals surface area (Å²) in [7, 11) is -4.12. The first-order valence-corrected chi connectivity index (χ1v) is 13.3. The molecule has 0 fully saturated rings. The number of rotatable bonds is 9. The summed E-state index contributed by atoms with van der Waals surface area (Å²) >= 11 is 0. The fourth-order valence-corrected chi connectivity index (χ4v) is 5.01. The number of nitrogens with one attached hydrogen (secondary N) is 2. The topological polar surface area (TPSA) is 140 Å². The van der Waals surface area contributed by atoms with E-state index in [2.05, 4.69) is 15.1 Å². The van der Waals surface area contributed by atoms with E-state index >= 15 is 0 Å². The molecule has 3 aromatic rings. The minimum absolute atomic E-state index is 0.0483. The third-order valence-electron chi connectivity index (χ3n) is 5.48. The lowest BCUT2D eigenvalue weighted by Crippen LogP contribution is -2.40. The van der Waals surface area contributed by atoms with Crippen LogP contribution >= 0.6 is 0 Å². The molecule has 0 spiro atoms. The monoisotopic (exact) mass is 528 g/mol. The molecule has 1 unspecified atom stereocenters. The molecule has 2 aromatic carbocycles. The van der Waals surface area contributed by atoms with Gasteiger partial charge in [0.2, 0.25) is 21.8 Å². The molecule has 1 amide bonds. The number of para-hydroxylation sites is 1. The van der Waals surface area contributed by atoms with Crippen molar-refractivity contribution in [3.05, 3.63) is 59.8 Å². The predicted molar refractivity (Wildman–Crippen MR) is 140 cm³/mol. The molecule has 1 heterocycles. The Morgan fingerprint density at radius 3 is 2.35 bits per heavy atom. The molecule has 0 aliphatic heterocycles. The minimum Gasteiger partial charge on any atom is -0.476 e. The zero-order valence-electron chi connectivity index (χ0n) is 21.7. The Labute approximate surface area is 216 Å². The molecule has 3 rings (SSSR count). The van der Waals surface area contributed by atoms with Gasteiger partial charge >= 0.3 is 5.97 Å². The maximum absolute atomic E-state index is 13.4. The molecule has 1 aromatic heterocycles. The van der Waals surface area contributed by atoms with E-state index in [4.69, 9.17) is 4.74 Å². The number of anilines is 1. The van der Waals surface area contributed by atoms with Crippen molar-refractivity contribution < 1.29 is 27.9 Å². The fourth-order valence-electron chi connectivity index (χ4n) is 3.44. The van der Waals surface area contributed by atoms with Crippen LogP contribution in [0.3, 0.4) is 0 Å². The number of amides is 1. The lowest BCUT2D eigenvalue weighted by molar-refractivity contribution is -0.119. The molecule has 3 N–H and O–H groups in total. The number of hydrogen-bond acceptors (Lipinski definition) is 6. The van der Waals surface area contributed by atoms with Gasteiger partial charge in [0.25, 0.3) is 0 Å². The van der Waals surface area contributed by atoms with Crippen LogP contribution in [0.1, 0.15) is 57.1 Å². The molecule has 11 heteroatoms. The third-order valence-corrected chi connectivity index (χ3v) is 7.26. The van der Waals surface area contributed by atoms with E-state index in [1.54, 1.807) is 58.0 Å². The van der Waals surface area contributed by atoms with Gasteiger partial charge in [-0.25, -0.2) is 17.9 Å². The molecular weight excluding hydrogens is 496 g/mol. The smallest absolute Gasteiger partial charge is 0.356 e. The van der Waals surface area contributed by atoms with Crippen molar-refractivity contribution in [2.75, 3.05) is 5.32 Å². The highest BCUT2D eigenvalue weighted by Crippen LogP contribution is 2.35. The Bertz CT molecular complexity index is 1410. The average Bonchev–Trinajstić information content (AvgIpc) is 3.14. The number of benzene rings is 2. The van der Waals surface area contributed by atoms with Gasteiger partial charge in [0.05, 0.1) is 5.69 Å². The van der Waals surface area contributed by atoms with E-state index in [9.17, 15) is 23.1 Å². The van der Waals surface area contributed by atoms with Crippen LogP contribution in [0.5, 0.6) is 11.6 Å². The van der Waals surface area contributed by atoms with E-state index < -0.39 is 21.5 Å². The van der Waals surface area contributed by atoms with Crippen LogP contribution in [0.25, 0.3) is 5.69 Å². The van der Waals surface area contributed by atoms with Gasteiger partial charge in [-0.15, -0.1) is 0 Å². The molecule has 37 heavy (non-hydrogen) atoms. The second-order valence-electron chi connectivity index (χ2n) is 9.75. The Kier molecular flexibility index (Phi) is 8.09. The molecule has 0 saturated heterocycles. The summed E-state index contributed by atoms with van der Waals surface area (Å²) < 4.78 is 36.8. The third kappa shape index (κ3) is 6.55. The maximum atomic E-state index is 13.4. The van der Waals surface area contributed by atoms with Crippen molar-refractivity contribution in [1.29, 1.82) is 0 Å². The van der Waals surface area contributed by atoms with Crippen LogP contribution in [-0.4, -0.2) is 40.7 Å². The van der Waals surface area contributed by atoms with Crippen LogP contribution in [0, 0.1) is 12.8 Å². The molecule has 1 atom stereocenters. The number of ether oxygens (including phenoxy) is 1. The van der Waals surface area contributed by atoms with Crippen LogP contribution in [0.4, 0.5) is 5.69 Å². The second-order valence-corrected chi connectivity index (χ2v) is 11.4. The van der Waals surface area contributed by atoms with E-state index in [-0.39, 0.29) is 45.3 Å². The highest BCUT2D eigenvalue weighted by molar-refractivity contribution is 7.89. The summed E-state index contributed by atoms with van der Waals surface area (Å²) in [6.07, 6.45) is 0.623. The predicted octanol–water partition coefficient (Wildman–Crippen LogP) is 4.73. The van der Waals surface area contributed by atoms with Crippen molar-refractivity contribution in [2.24, 2.45) is 5.92 Å². The highest BCUT2D eigenvalue weighted by atomic mass is 32.2. The summed E-state index contributed by atoms with van der Waals surface area (Å²) in [4.78, 5) is 24.0. The SMILES string of the molecule is CCC(C)C(=O)Nc1ccc(Oc2c(C)c(C(=O)O)nn2-c2ccccc2)c(S(=O)(=O)NC(C)(C)C)c1. The van der Waals surface area contributed by atoms with Crippen LogP contribution in [-0.2, 0) is 14.8 Å². The van der Waals surface area contributed by atoms with Crippen molar-refractivity contribution in [3.8, 4) is 17.3 Å². The minimum atomic E-state index is -4.12. The van der Waals surface area contributed by atoms with Gasteiger partial charge in [-0.1, -0.05) is 32.0 Å². The van der Waals surface area contributed by atoms with Gasteiger partial charge in [-0.05, 0) is 64.4 Å². The maximum Gasteiger partial charge on any atom is 0.356 e.